The van der Waals surface area contributed by atoms with E-state index >= 15 is 0 Å². The number of anilines is 1. The van der Waals surface area contributed by atoms with Crippen molar-refractivity contribution in [3.8, 4) is 0 Å². The van der Waals surface area contributed by atoms with Crippen molar-refractivity contribution in [3.05, 3.63) is 28.0 Å². The van der Waals surface area contributed by atoms with E-state index in [0.717, 1.165) is 38.3 Å². The molecule has 0 bridgehead atoms. The molecule has 112 valence electrons. The smallest absolute Gasteiger partial charge is 0.160 e. The Hall–Kier alpha value is -0.650. The number of nitrogens with zero attached hydrogens (tertiary/aromatic N) is 2. The van der Waals surface area contributed by atoms with Gasteiger partial charge in [-0.1, -0.05) is 19.9 Å². The van der Waals surface area contributed by atoms with Crippen molar-refractivity contribution in [1.82, 2.24) is 4.90 Å². The van der Waals surface area contributed by atoms with Gasteiger partial charge >= 0.3 is 0 Å². The molecule has 0 atom stereocenters. The van der Waals surface area contributed by atoms with Crippen LogP contribution in [0.2, 0.25) is 0 Å². The molecule has 2 rings (SSSR count). The van der Waals surface area contributed by atoms with Crippen LogP contribution in [-0.2, 0) is 6.54 Å². The molecule has 0 aromatic heterocycles. The fraction of sp³-hybridized carbons (Fsp3) is 0.600. The Morgan fingerprint density at radius 3 is 2.45 bits per heavy atom. The summed E-state index contributed by atoms with van der Waals surface area (Å²) >= 11 is 3.31. The first kappa shape index (κ1) is 15.7. The SMILES string of the molecule is CC(C)CN1CCN(c2ccc(CN)c(Br)c2F)CC1. The van der Waals surface area contributed by atoms with Crippen LogP contribution in [0.1, 0.15) is 19.4 Å². The normalized spacial score (nSPS) is 17.0. The quantitative estimate of drug-likeness (QED) is 0.912. The highest BCUT2D eigenvalue weighted by atomic mass is 79.9. The van der Waals surface area contributed by atoms with Crippen molar-refractivity contribution in [2.45, 2.75) is 20.4 Å². The molecule has 0 unspecified atom stereocenters. The van der Waals surface area contributed by atoms with E-state index in [1.54, 1.807) is 0 Å². The predicted octanol–water partition coefficient (Wildman–Crippen LogP) is 2.82. The Kier molecular flexibility index (Phi) is 5.41. The van der Waals surface area contributed by atoms with Gasteiger partial charge in [0.2, 0.25) is 0 Å². The molecule has 1 saturated heterocycles. The molecule has 1 aromatic carbocycles. The second-order valence-electron chi connectivity index (χ2n) is 5.76. The van der Waals surface area contributed by atoms with Gasteiger partial charge in [0.15, 0.2) is 5.82 Å². The van der Waals surface area contributed by atoms with Gasteiger partial charge in [-0.2, -0.15) is 0 Å². The van der Waals surface area contributed by atoms with Crippen molar-refractivity contribution >= 4 is 21.6 Å². The summed E-state index contributed by atoms with van der Waals surface area (Å²) in [5.41, 5.74) is 7.08. The van der Waals surface area contributed by atoms with Gasteiger partial charge in [0.1, 0.15) is 0 Å². The third-order valence-electron chi connectivity index (χ3n) is 3.70. The lowest BCUT2D eigenvalue weighted by Gasteiger charge is -2.37. The molecular weight excluding hydrogens is 321 g/mol. The van der Waals surface area contributed by atoms with Crippen LogP contribution in [0.4, 0.5) is 10.1 Å². The minimum Gasteiger partial charge on any atom is -0.367 e. The molecule has 1 aromatic rings. The van der Waals surface area contributed by atoms with E-state index in [1.165, 1.54) is 0 Å². The topological polar surface area (TPSA) is 32.5 Å². The van der Waals surface area contributed by atoms with E-state index in [0.29, 0.717) is 22.6 Å². The molecule has 5 heteroatoms. The Bertz CT molecular complexity index is 457. The van der Waals surface area contributed by atoms with E-state index in [-0.39, 0.29) is 5.82 Å². The summed E-state index contributed by atoms with van der Waals surface area (Å²) in [4.78, 5) is 4.57. The molecule has 1 aliphatic heterocycles. The van der Waals surface area contributed by atoms with Crippen molar-refractivity contribution in [2.75, 3.05) is 37.6 Å². The van der Waals surface area contributed by atoms with Gasteiger partial charge in [-0.05, 0) is 33.5 Å². The van der Waals surface area contributed by atoms with E-state index in [2.05, 4.69) is 39.6 Å². The molecule has 1 fully saturated rings. The Labute approximate surface area is 129 Å². The van der Waals surface area contributed by atoms with Crippen molar-refractivity contribution in [3.63, 3.8) is 0 Å². The van der Waals surface area contributed by atoms with Gasteiger partial charge < -0.3 is 10.6 Å². The van der Waals surface area contributed by atoms with Crippen molar-refractivity contribution < 1.29 is 4.39 Å². The third-order valence-corrected chi connectivity index (χ3v) is 4.56. The molecule has 3 nitrogen and oxygen atoms in total. The third kappa shape index (κ3) is 3.51. The summed E-state index contributed by atoms with van der Waals surface area (Å²) in [6.07, 6.45) is 0. The largest absolute Gasteiger partial charge is 0.367 e. The molecule has 0 radical (unpaired) electrons. The van der Waals surface area contributed by atoms with Crippen LogP contribution in [-0.4, -0.2) is 37.6 Å². The second-order valence-corrected chi connectivity index (χ2v) is 6.55. The summed E-state index contributed by atoms with van der Waals surface area (Å²) in [5, 5.41) is 0. The second kappa shape index (κ2) is 6.87. The van der Waals surface area contributed by atoms with Crippen LogP contribution in [0.3, 0.4) is 0 Å². The number of piperazine rings is 1. The standard InChI is InChI=1S/C15H23BrFN3/c1-11(2)10-19-5-7-20(8-6-19)13-4-3-12(9-18)14(16)15(13)17/h3-4,11H,5-10,18H2,1-2H3. The monoisotopic (exact) mass is 343 g/mol. The van der Waals surface area contributed by atoms with Crippen LogP contribution in [0.5, 0.6) is 0 Å². The lowest BCUT2D eigenvalue weighted by molar-refractivity contribution is 0.231. The van der Waals surface area contributed by atoms with Crippen LogP contribution in [0, 0.1) is 11.7 Å². The highest BCUT2D eigenvalue weighted by molar-refractivity contribution is 9.10. The van der Waals surface area contributed by atoms with E-state index in [4.69, 9.17) is 5.73 Å². The zero-order valence-corrected chi connectivity index (χ0v) is 13.8. The maximum Gasteiger partial charge on any atom is 0.160 e. The predicted molar refractivity (Wildman–Crippen MR) is 85.5 cm³/mol. The molecule has 0 spiro atoms. The van der Waals surface area contributed by atoms with Gasteiger partial charge in [0.05, 0.1) is 10.2 Å². The molecule has 0 aliphatic carbocycles. The molecule has 2 N–H and O–H groups in total. The summed E-state index contributed by atoms with van der Waals surface area (Å²) < 4.78 is 14.9. The van der Waals surface area contributed by atoms with Gasteiger partial charge in [0, 0.05) is 39.3 Å². The summed E-state index contributed by atoms with van der Waals surface area (Å²) in [6, 6.07) is 3.75. The van der Waals surface area contributed by atoms with Gasteiger partial charge in [-0.15, -0.1) is 0 Å². The Morgan fingerprint density at radius 1 is 1.25 bits per heavy atom. The summed E-state index contributed by atoms with van der Waals surface area (Å²) in [7, 11) is 0. The van der Waals surface area contributed by atoms with Crippen LogP contribution < -0.4 is 10.6 Å². The van der Waals surface area contributed by atoms with E-state index < -0.39 is 0 Å². The maximum absolute atomic E-state index is 14.4. The lowest BCUT2D eigenvalue weighted by atomic mass is 10.1. The Morgan fingerprint density at radius 2 is 1.90 bits per heavy atom. The number of nitrogens with two attached hydrogens (primary N) is 1. The zero-order chi connectivity index (χ0) is 14.7. The van der Waals surface area contributed by atoms with Crippen LogP contribution in [0.15, 0.2) is 16.6 Å². The number of rotatable bonds is 4. The molecule has 0 saturated carbocycles. The van der Waals surface area contributed by atoms with E-state index in [1.807, 2.05) is 12.1 Å². The van der Waals surface area contributed by atoms with E-state index in [9.17, 15) is 4.39 Å². The summed E-state index contributed by atoms with van der Waals surface area (Å²) in [5.74, 6) is 0.488. The highest BCUT2D eigenvalue weighted by Crippen LogP contribution is 2.30. The fourth-order valence-electron chi connectivity index (χ4n) is 2.67. The first-order chi connectivity index (χ1) is 9.52. The average Bonchev–Trinajstić information content (AvgIpc) is 2.42. The first-order valence-electron chi connectivity index (χ1n) is 7.17. The Balaban J connectivity index is 2.06. The molecular formula is C15H23BrFN3. The number of benzene rings is 1. The van der Waals surface area contributed by atoms with Crippen LogP contribution >= 0.6 is 15.9 Å². The number of hydrogen-bond donors (Lipinski definition) is 1. The minimum atomic E-state index is -0.190. The lowest BCUT2D eigenvalue weighted by Crippen LogP contribution is -2.47. The molecule has 1 heterocycles. The summed E-state index contributed by atoms with van der Waals surface area (Å²) in [6.45, 7) is 9.66. The molecule has 0 amide bonds. The van der Waals surface area contributed by atoms with Gasteiger partial charge in [-0.3, -0.25) is 4.90 Å². The zero-order valence-electron chi connectivity index (χ0n) is 12.2. The van der Waals surface area contributed by atoms with Crippen LogP contribution in [0.25, 0.3) is 0 Å². The van der Waals surface area contributed by atoms with Crippen molar-refractivity contribution in [1.29, 1.82) is 0 Å². The number of hydrogen-bond acceptors (Lipinski definition) is 3. The van der Waals surface area contributed by atoms with Crippen molar-refractivity contribution in [2.24, 2.45) is 11.7 Å². The number of halogens is 2. The molecule has 20 heavy (non-hydrogen) atoms. The fourth-order valence-corrected chi connectivity index (χ4v) is 3.17. The highest BCUT2D eigenvalue weighted by Gasteiger charge is 2.21. The van der Waals surface area contributed by atoms with Gasteiger partial charge in [-0.25, -0.2) is 4.39 Å². The first-order valence-corrected chi connectivity index (χ1v) is 7.96. The molecule has 1 aliphatic rings. The maximum atomic E-state index is 14.4. The average molecular weight is 344 g/mol. The van der Waals surface area contributed by atoms with Gasteiger partial charge in [0.25, 0.3) is 0 Å². The minimum absolute atomic E-state index is 0.190.